The summed E-state index contributed by atoms with van der Waals surface area (Å²) < 4.78 is 0. The van der Waals surface area contributed by atoms with Crippen LogP contribution in [-0.2, 0) is 9.63 Å². The van der Waals surface area contributed by atoms with E-state index in [4.69, 9.17) is 4.84 Å². The summed E-state index contributed by atoms with van der Waals surface area (Å²) in [4.78, 5) is 16.1. The van der Waals surface area contributed by atoms with Gasteiger partial charge in [-0.05, 0) is 34.0 Å². The van der Waals surface area contributed by atoms with Crippen LogP contribution in [0.2, 0.25) is 0 Å². The van der Waals surface area contributed by atoms with Gasteiger partial charge in [-0.15, -0.1) is 0 Å². The SMILES string of the molecule is CSC[C@H](C)N(C=O)OC(C)(C)C. The van der Waals surface area contributed by atoms with Gasteiger partial charge in [0.15, 0.2) is 0 Å². The van der Waals surface area contributed by atoms with Gasteiger partial charge in [-0.1, -0.05) is 0 Å². The number of thioether (sulfide) groups is 1. The van der Waals surface area contributed by atoms with E-state index in [0.717, 1.165) is 12.2 Å². The molecule has 0 spiro atoms. The van der Waals surface area contributed by atoms with Gasteiger partial charge in [0, 0.05) is 5.75 Å². The zero-order valence-electron chi connectivity index (χ0n) is 9.03. The van der Waals surface area contributed by atoms with E-state index >= 15 is 0 Å². The molecular formula is C9H19NO2S. The highest BCUT2D eigenvalue weighted by Gasteiger charge is 2.19. The smallest absolute Gasteiger partial charge is 0.233 e. The number of amides is 1. The van der Waals surface area contributed by atoms with Gasteiger partial charge in [0.25, 0.3) is 0 Å². The summed E-state index contributed by atoms with van der Waals surface area (Å²) in [5.41, 5.74) is -0.312. The molecule has 3 nitrogen and oxygen atoms in total. The standard InChI is InChI=1S/C9H19NO2S/c1-8(6-13-5)10(7-11)12-9(2,3)4/h7-8H,6H2,1-5H3/t8-/m0/s1. The maximum absolute atomic E-state index is 10.7. The molecule has 0 aliphatic rings. The Kier molecular flexibility index (Phi) is 5.40. The molecule has 0 aromatic heterocycles. The number of carbonyl (C=O) groups excluding carboxylic acids is 1. The second kappa shape index (κ2) is 5.50. The number of nitrogens with zero attached hydrogens (tertiary/aromatic N) is 1. The topological polar surface area (TPSA) is 29.5 Å². The monoisotopic (exact) mass is 205 g/mol. The van der Waals surface area contributed by atoms with E-state index in [9.17, 15) is 4.79 Å². The molecule has 0 rings (SSSR count). The quantitative estimate of drug-likeness (QED) is 0.507. The first kappa shape index (κ1) is 12.8. The zero-order chi connectivity index (χ0) is 10.5. The fraction of sp³-hybridized carbons (Fsp3) is 0.889. The molecule has 0 N–H and O–H groups in total. The summed E-state index contributed by atoms with van der Waals surface area (Å²) in [7, 11) is 0. The van der Waals surface area contributed by atoms with E-state index in [0.29, 0.717) is 0 Å². The molecule has 0 aliphatic carbocycles. The van der Waals surface area contributed by atoms with Crippen molar-refractivity contribution in [3.8, 4) is 0 Å². The summed E-state index contributed by atoms with van der Waals surface area (Å²) in [5, 5.41) is 1.39. The molecule has 1 amide bonds. The van der Waals surface area contributed by atoms with Crippen LogP contribution < -0.4 is 0 Å². The van der Waals surface area contributed by atoms with Gasteiger partial charge in [0.1, 0.15) is 0 Å². The molecule has 0 aromatic carbocycles. The molecular weight excluding hydrogens is 186 g/mol. The summed E-state index contributed by atoms with van der Waals surface area (Å²) >= 11 is 1.70. The predicted molar refractivity (Wildman–Crippen MR) is 56.6 cm³/mol. The number of hydroxylamine groups is 2. The maximum atomic E-state index is 10.7. The van der Waals surface area contributed by atoms with Gasteiger partial charge in [0.05, 0.1) is 11.6 Å². The molecule has 13 heavy (non-hydrogen) atoms. The van der Waals surface area contributed by atoms with Crippen LogP contribution in [0.3, 0.4) is 0 Å². The summed E-state index contributed by atoms with van der Waals surface area (Å²) in [6.07, 6.45) is 2.75. The minimum absolute atomic E-state index is 0.117. The summed E-state index contributed by atoms with van der Waals surface area (Å²) in [6.45, 7) is 7.75. The van der Waals surface area contributed by atoms with E-state index in [1.165, 1.54) is 5.06 Å². The van der Waals surface area contributed by atoms with Crippen molar-refractivity contribution < 1.29 is 9.63 Å². The minimum atomic E-state index is -0.312. The summed E-state index contributed by atoms with van der Waals surface area (Å²) in [6, 6.07) is 0.117. The Balaban J connectivity index is 4.09. The fourth-order valence-electron chi connectivity index (χ4n) is 0.846. The van der Waals surface area contributed by atoms with Crippen molar-refractivity contribution in [3.63, 3.8) is 0 Å². The molecule has 0 aliphatic heterocycles. The van der Waals surface area contributed by atoms with Crippen LogP contribution in [0, 0.1) is 0 Å². The second-order valence-electron chi connectivity index (χ2n) is 3.97. The lowest BCUT2D eigenvalue weighted by atomic mass is 10.2. The van der Waals surface area contributed by atoms with E-state index in [-0.39, 0.29) is 11.6 Å². The van der Waals surface area contributed by atoms with Gasteiger partial charge in [-0.25, -0.2) is 5.06 Å². The van der Waals surface area contributed by atoms with E-state index in [2.05, 4.69) is 0 Å². The van der Waals surface area contributed by atoms with Crippen molar-refractivity contribution >= 4 is 18.2 Å². The van der Waals surface area contributed by atoms with Crippen molar-refractivity contribution in [2.24, 2.45) is 0 Å². The normalized spacial score (nSPS) is 13.9. The molecule has 4 heteroatoms. The molecule has 0 unspecified atom stereocenters. The van der Waals surface area contributed by atoms with Crippen LogP contribution in [0.5, 0.6) is 0 Å². The lowest BCUT2D eigenvalue weighted by Gasteiger charge is -2.30. The number of rotatable bonds is 5. The van der Waals surface area contributed by atoms with Gasteiger partial charge in [0.2, 0.25) is 6.41 Å². The third-order valence-electron chi connectivity index (χ3n) is 1.33. The summed E-state index contributed by atoms with van der Waals surface area (Å²) in [5.74, 6) is 0.884. The third kappa shape index (κ3) is 5.93. The lowest BCUT2D eigenvalue weighted by Crippen LogP contribution is -2.40. The van der Waals surface area contributed by atoms with Gasteiger partial charge in [-0.2, -0.15) is 11.8 Å². The van der Waals surface area contributed by atoms with Crippen LogP contribution >= 0.6 is 11.8 Å². The average Bonchev–Trinajstić information content (AvgIpc) is 1.99. The van der Waals surface area contributed by atoms with Gasteiger partial charge < -0.3 is 0 Å². The average molecular weight is 205 g/mol. The van der Waals surface area contributed by atoms with Crippen LogP contribution in [0.15, 0.2) is 0 Å². The third-order valence-corrected chi connectivity index (χ3v) is 2.14. The van der Waals surface area contributed by atoms with Crippen molar-refractivity contribution in [2.45, 2.75) is 39.3 Å². The van der Waals surface area contributed by atoms with Crippen molar-refractivity contribution in [2.75, 3.05) is 12.0 Å². The molecule has 0 radical (unpaired) electrons. The fourth-order valence-corrected chi connectivity index (χ4v) is 1.48. The molecule has 0 saturated heterocycles. The first-order valence-corrected chi connectivity index (χ1v) is 5.72. The Morgan fingerprint density at radius 3 is 2.38 bits per heavy atom. The Labute approximate surface area is 84.8 Å². The highest BCUT2D eigenvalue weighted by molar-refractivity contribution is 7.98. The number of hydrogen-bond acceptors (Lipinski definition) is 3. The minimum Gasteiger partial charge on any atom is -0.276 e. The van der Waals surface area contributed by atoms with E-state index in [1.54, 1.807) is 11.8 Å². The highest BCUT2D eigenvalue weighted by Crippen LogP contribution is 2.13. The lowest BCUT2D eigenvalue weighted by molar-refractivity contribution is -0.227. The molecule has 0 aromatic rings. The first-order valence-electron chi connectivity index (χ1n) is 4.32. The van der Waals surface area contributed by atoms with Crippen molar-refractivity contribution in [3.05, 3.63) is 0 Å². The molecule has 0 saturated carbocycles. The molecule has 0 bridgehead atoms. The molecule has 78 valence electrons. The zero-order valence-corrected chi connectivity index (χ0v) is 9.85. The van der Waals surface area contributed by atoms with Crippen LogP contribution in [0.25, 0.3) is 0 Å². The predicted octanol–water partition coefficient (Wildman–Crippen LogP) is 1.93. The van der Waals surface area contributed by atoms with E-state index in [1.807, 2.05) is 34.0 Å². The van der Waals surface area contributed by atoms with Crippen LogP contribution in [0.1, 0.15) is 27.7 Å². The van der Waals surface area contributed by atoms with Crippen molar-refractivity contribution in [1.82, 2.24) is 5.06 Å². The Bertz CT molecular complexity index is 156. The number of carbonyl (C=O) groups is 1. The van der Waals surface area contributed by atoms with Crippen LogP contribution in [0.4, 0.5) is 0 Å². The largest absolute Gasteiger partial charge is 0.276 e. The van der Waals surface area contributed by atoms with Crippen LogP contribution in [-0.4, -0.2) is 35.1 Å². The molecule has 1 atom stereocenters. The Hall–Kier alpha value is -0.220. The Morgan fingerprint density at radius 2 is 2.08 bits per heavy atom. The highest BCUT2D eigenvalue weighted by atomic mass is 32.2. The van der Waals surface area contributed by atoms with Crippen molar-refractivity contribution in [1.29, 1.82) is 0 Å². The molecule has 0 heterocycles. The maximum Gasteiger partial charge on any atom is 0.233 e. The van der Waals surface area contributed by atoms with E-state index < -0.39 is 0 Å². The first-order chi connectivity index (χ1) is 5.90. The number of hydrogen-bond donors (Lipinski definition) is 0. The molecule has 0 fully saturated rings. The van der Waals surface area contributed by atoms with Gasteiger partial charge in [-0.3, -0.25) is 9.63 Å². The Morgan fingerprint density at radius 1 is 1.54 bits per heavy atom. The van der Waals surface area contributed by atoms with Gasteiger partial charge >= 0.3 is 0 Å². The second-order valence-corrected chi connectivity index (χ2v) is 4.88.